The fourth-order valence-electron chi connectivity index (χ4n) is 6.15. The molecule has 0 aliphatic carbocycles. The summed E-state index contributed by atoms with van der Waals surface area (Å²) in [6.07, 6.45) is 6.62. The first kappa shape index (κ1) is 18.6. The maximum Gasteiger partial charge on any atom is 0.0454 e. The molecule has 0 saturated carbocycles. The van der Waals surface area contributed by atoms with Crippen LogP contribution in [-0.2, 0) is 5.41 Å². The van der Waals surface area contributed by atoms with Crippen LogP contribution in [0.25, 0.3) is 0 Å². The van der Waals surface area contributed by atoms with Gasteiger partial charge < -0.3 is 4.90 Å². The van der Waals surface area contributed by atoms with Crippen LogP contribution in [0.2, 0.25) is 0 Å². The van der Waals surface area contributed by atoms with Crippen molar-refractivity contribution >= 4 is 0 Å². The average molecular weight is 382 g/mol. The number of piperidine rings is 1. The van der Waals surface area contributed by atoms with Crippen LogP contribution in [0.3, 0.4) is 0 Å². The minimum absolute atomic E-state index is 0.0935. The van der Waals surface area contributed by atoms with Crippen molar-refractivity contribution in [3.05, 3.63) is 108 Å². The molecule has 1 heteroatoms. The quantitative estimate of drug-likeness (QED) is 0.470. The Hall–Kier alpha value is -2.38. The van der Waals surface area contributed by atoms with Gasteiger partial charge in [-0.1, -0.05) is 91.0 Å². The Kier molecular flexibility index (Phi) is 5.01. The number of fused-ring (bicyclic) bond motifs is 2. The van der Waals surface area contributed by atoms with Crippen LogP contribution in [0.4, 0.5) is 0 Å². The highest BCUT2D eigenvalue weighted by atomic mass is 15.2. The molecule has 5 rings (SSSR count). The van der Waals surface area contributed by atoms with Gasteiger partial charge in [0.15, 0.2) is 0 Å². The molecule has 0 amide bonds. The fourth-order valence-corrected chi connectivity index (χ4v) is 6.15. The molecule has 1 nitrogen and oxygen atoms in total. The second kappa shape index (κ2) is 7.80. The molecule has 2 bridgehead atoms. The Balaban J connectivity index is 1.64. The molecule has 2 fully saturated rings. The summed E-state index contributed by atoms with van der Waals surface area (Å²) < 4.78 is 0. The molecule has 3 aromatic rings. The van der Waals surface area contributed by atoms with Gasteiger partial charge in [0.2, 0.25) is 0 Å². The predicted octanol–water partition coefficient (Wildman–Crippen LogP) is 6.28. The summed E-state index contributed by atoms with van der Waals surface area (Å²) in [5.74, 6) is 0.754. The summed E-state index contributed by atoms with van der Waals surface area (Å²) >= 11 is 0. The minimum Gasteiger partial charge on any atom is -0.300 e. The van der Waals surface area contributed by atoms with Crippen molar-refractivity contribution in [3.8, 4) is 0 Å². The molecule has 3 atom stereocenters. The first-order valence-electron chi connectivity index (χ1n) is 11.2. The smallest absolute Gasteiger partial charge is 0.0454 e. The van der Waals surface area contributed by atoms with E-state index in [4.69, 9.17) is 0 Å². The van der Waals surface area contributed by atoms with E-state index in [9.17, 15) is 0 Å². The lowest BCUT2D eigenvalue weighted by Crippen LogP contribution is -2.42. The standard InChI is InChI=1S/C28H31N/c1-29-26-17-18-27(29)20-22(19-26)21-28(23-11-5-2-6-12-23,24-13-7-3-8-14-24)25-15-9-4-10-16-25/h2-16,22,26-27H,17-21H2,1H3/t22?,26-,27+. The lowest BCUT2D eigenvalue weighted by Gasteiger charge is -2.43. The largest absolute Gasteiger partial charge is 0.300 e. The summed E-state index contributed by atoms with van der Waals surface area (Å²) in [5, 5.41) is 0. The molecule has 0 aromatic heterocycles. The van der Waals surface area contributed by atoms with Crippen molar-refractivity contribution in [2.24, 2.45) is 5.92 Å². The van der Waals surface area contributed by atoms with Crippen molar-refractivity contribution in [1.29, 1.82) is 0 Å². The maximum absolute atomic E-state index is 2.66. The zero-order valence-electron chi connectivity index (χ0n) is 17.4. The molecule has 2 heterocycles. The molecule has 1 unspecified atom stereocenters. The second-order valence-electron chi connectivity index (χ2n) is 9.10. The van der Waals surface area contributed by atoms with Crippen LogP contribution in [0.1, 0.15) is 48.8 Å². The molecule has 0 N–H and O–H groups in total. The minimum atomic E-state index is -0.0935. The van der Waals surface area contributed by atoms with E-state index in [1.54, 1.807) is 0 Å². The van der Waals surface area contributed by atoms with Crippen molar-refractivity contribution in [2.45, 2.75) is 49.6 Å². The molecular weight excluding hydrogens is 350 g/mol. The van der Waals surface area contributed by atoms with Crippen LogP contribution in [-0.4, -0.2) is 24.0 Å². The Bertz CT molecular complexity index is 808. The van der Waals surface area contributed by atoms with Crippen molar-refractivity contribution in [3.63, 3.8) is 0 Å². The predicted molar refractivity (Wildman–Crippen MR) is 121 cm³/mol. The summed E-state index contributed by atoms with van der Waals surface area (Å²) in [4.78, 5) is 2.66. The second-order valence-corrected chi connectivity index (χ2v) is 9.10. The van der Waals surface area contributed by atoms with Crippen LogP contribution in [0.5, 0.6) is 0 Å². The fraction of sp³-hybridized carbons (Fsp3) is 0.357. The normalized spacial score (nSPS) is 24.5. The monoisotopic (exact) mass is 381 g/mol. The van der Waals surface area contributed by atoms with Crippen LogP contribution in [0.15, 0.2) is 91.0 Å². The number of nitrogens with zero attached hydrogens (tertiary/aromatic N) is 1. The van der Waals surface area contributed by atoms with Crippen LogP contribution in [0, 0.1) is 5.92 Å². The third-order valence-electron chi connectivity index (χ3n) is 7.59. The van der Waals surface area contributed by atoms with Crippen LogP contribution >= 0.6 is 0 Å². The van der Waals surface area contributed by atoms with E-state index in [1.807, 2.05) is 0 Å². The summed E-state index contributed by atoms with van der Waals surface area (Å²) in [7, 11) is 2.34. The van der Waals surface area contributed by atoms with Crippen molar-refractivity contribution < 1.29 is 0 Å². The lowest BCUT2D eigenvalue weighted by atomic mass is 9.63. The maximum atomic E-state index is 2.66. The Morgan fingerprint density at radius 2 is 1.03 bits per heavy atom. The SMILES string of the molecule is CN1[C@@H]2CC[C@H]1CC(CC(c1ccccc1)(c1ccccc1)c1ccccc1)C2. The molecule has 0 radical (unpaired) electrons. The molecule has 0 spiro atoms. The first-order valence-corrected chi connectivity index (χ1v) is 11.2. The zero-order chi connectivity index (χ0) is 19.7. The molecule has 3 aromatic carbocycles. The van der Waals surface area contributed by atoms with Gasteiger partial charge in [-0.25, -0.2) is 0 Å². The molecule has 148 valence electrons. The van der Waals surface area contributed by atoms with Gasteiger partial charge in [0, 0.05) is 17.5 Å². The summed E-state index contributed by atoms with van der Waals surface area (Å²) in [6, 6.07) is 35.2. The number of rotatable bonds is 5. The lowest BCUT2D eigenvalue weighted by molar-refractivity contribution is 0.122. The first-order chi connectivity index (χ1) is 14.3. The van der Waals surface area contributed by atoms with E-state index in [2.05, 4.69) is 103 Å². The van der Waals surface area contributed by atoms with Gasteiger partial charge in [-0.2, -0.15) is 0 Å². The highest BCUT2D eigenvalue weighted by Crippen LogP contribution is 2.48. The molecule has 2 aliphatic rings. The average Bonchev–Trinajstić information content (AvgIpc) is 3.00. The highest BCUT2D eigenvalue weighted by Gasteiger charge is 2.44. The third-order valence-corrected chi connectivity index (χ3v) is 7.59. The van der Waals surface area contributed by atoms with E-state index in [1.165, 1.54) is 48.8 Å². The van der Waals surface area contributed by atoms with Gasteiger partial charge in [-0.05, 0) is 61.8 Å². The van der Waals surface area contributed by atoms with Crippen molar-refractivity contribution in [1.82, 2.24) is 4.90 Å². The Labute approximate surface area is 175 Å². The Morgan fingerprint density at radius 3 is 1.41 bits per heavy atom. The van der Waals surface area contributed by atoms with Crippen molar-refractivity contribution in [2.75, 3.05) is 7.05 Å². The molecule has 2 aliphatic heterocycles. The number of hydrogen-bond donors (Lipinski definition) is 0. The van der Waals surface area contributed by atoms with Gasteiger partial charge in [0.1, 0.15) is 0 Å². The van der Waals surface area contributed by atoms with Gasteiger partial charge in [-0.3, -0.25) is 0 Å². The number of benzene rings is 3. The van der Waals surface area contributed by atoms with Gasteiger partial charge in [-0.15, -0.1) is 0 Å². The zero-order valence-corrected chi connectivity index (χ0v) is 17.4. The van der Waals surface area contributed by atoms with Gasteiger partial charge in [0.05, 0.1) is 0 Å². The van der Waals surface area contributed by atoms with Crippen LogP contribution < -0.4 is 0 Å². The third kappa shape index (κ3) is 3.32. The molecule has 2 saturated heterocycles. The Morgan fingerprint density at radius 1 is 0.655 bits per heavy atom. The number of hydrogen-bond acceptors (Lipinski definition) is 1. The molecule has 29 heavy (non-hydrogen) atoms. The van der Waals surface area contributed by atoms with E-state index in [-0.39, 0.29) is 5.41 Å². The van der Waals surface area contributed by atoms with E-state index in [0.717, 1.165) is 18.0 Å². The topological polar surface area (TPSA) is 3.24 Å². The summed E-state index contributed by atoms with van der Waals surface area (Å²) in [5.41, 5.74) is 4.17. The molecular formula is C28H31N. The van der Waals surface area contributed by atoms with Gasteiger partial charge in [0.25, 0.3) is 0 Å². The highest BCUT2D eigenvalue weighted by molar-refractivity contribution is 5.50. The van der Waals surface area contributed by atoms with Gasteiger partial charge >= 0.3 is 0 Å². The summed E-state index contributed by atoms with van der Waals surface area (Å²) in [6.45, 7) is 0. The van der Waals surface area contributed by atoms with E-state index < -0.39 is 0 Å². The van der Waals surface area contributed by atoms with E-state index >= 15 is 0 Å². The van der Waals surface area contributed by atoms with E-state index in [0.29, 0.717) is 0 Å².